The van der Waals surface area contributed by atoms with Crippen molar-refractivity contribution in [1.82, 2.24) is 4.98 Å². The number of pyridine rings is 1. The third kappa shape index (κ3) is 2.37. The molecule has 2 nitrogen and oxygen atoms in total. The maximum absolute atomic E-state index is 7.31. The van der Waals surface area contributed by atoms with E-state index in [0.717, 1.165) is 16.8 Å². The molecule has 0 N–H and O–H groups in total. The van der Waals surface area contributed by atoms with Crippen LogP contribution in [0.2, 0.25) is 5.02 Å². The van der Waals surface area contributed by atoms with Gasteiger partial charge in [0.2, 0.25) is 0 Å². The average molecular weight is 257 g/mol. The number of hydrogen-bond donors (Lipinski definition) is 0. The topological polar surface area (TPSA) is 17.2 Å². The molecule has 0 aliphatic carbocycles. The van der Waals surface area contributed by atoms with Crippen molar-refractivity contribution in [3.05, 3.63) is 64.6 Å². The molecule has 2 rings (SSSR count). The van der Waals surface area contributed by atoms with Crippen LogP contribution in [0, 0.1) is 6.57 Å². The molecule has 0 fully saturated rings. The minimum atomic E-state index is -0.580. The highest BCUT2D eigenvalue weighted by molar-refractivity contribution is 6.30. The van der Waals surface area contributed by atoms with Gasteiger partial charge in [-0.3, -0.25) is 4.98 Å². The fourth-order valence-corrected chi connectivity index (χ4v) is 1.92. The molecule has 0 unspecified atom stereocenters. The van der Waals surface area contributed by atoms with Crippen LogP contribution in [0.4, 0.5) is 0 Å². The molecule has 0 saturated carbocycles. The summed E-state index contributed by atoms with van der Waals surface area (Å²) in [6.07, 6.45) is 1.74. The van der Waals surface area contributed by atoms with Gasteiger partial charge in [0.25, 0.3) is 5.54 Å². The second-order valence-electron chi connectivity index (χ2n) is 4.58. The second-order valence-corrected chi connectivity index (χ2v) is 5.01. The van der Waals surface area contributed by atoms with E-state index in [1.807, 2.05) is 50.2 Å². The van der Waals surface area contributed by atoms with Crippen LogP contribution < -0.4 is 0 Å². The molecule has 3 heteroatoms. The molecular weight excluding hydrogens is 244 g/mol. The molecule has 0 spiro atoms. The van der Waals surface area contributed by atoms with Crippen LogP contribution in [0.3, 0.4) is 0 Å². The first-order chi connectivity index (χ1) is 8.54. The molecular formula is C15H13ClN2. The average Bonchev–Trinajstić information content (AvgIpc) is 2.40. The van der Waals surface area contributed by atoms with Crippen LogP contribution in [0.5, 0.6) is 0 Å². The predicted octanol–water partition coefficient (Wildman–Crippen LogP) is 4.56. The van der Waals surface area contributed by atoms with Crippen molar-refractivity contribution in [2.24, 2.45) is 0 Å². The van der Waals surface area contributed by atoms with Gasteiger partial charge in [0, 0.05) is 30.6 Å². The Morgan fingerprint density at radius 3 is 2.44 bits per heavy atom. The zero-order valence-corrected chi connectivity index (χ0v) is 11.1. The lowest BCUT2D eigenvalue weighted by atomic mass is 9.91. The van der Waals surface area contributed by atoms with E-state index in [4.69, 9.17) is 18.2 Å². The van der Waals surface area contributed by atoms with Crippen LogP contribution in [0.1, 0.15) is 19.4 Å². The summed E-state index contributed by atoms with van der Waals surface area (Å²) < 4.78 is 0. The number of benzene rings is 1. The minimum Gasteiger partial charge on any atom is -0.306 e. The number of hydrogen-bond acceptors (Lipinski definition) is 1. The van der Waals surface area contributed by atoms with Gasteiger partial charge in [-0.2, -0.15) is 0 Å². The van der Waals surface area contributed by atoms with Crippen LogP contribution in [0.15, 0.2) is 42.6 Å². The van der Waals surface area contributed by atoms with Gasteiger partial charge >= 0.3 is 0 Å². The van der Waals surface area contributed by atoms with E-state index < -0.39 is 5.54 Å². The Morgan fingerprint density at radius 1 is 1.17 bits per heavy atom. The van der Waals surface area contributed by atoms with Crippen LogP contribution in [-0.2, 0) is 5.54 Å². The summed E-state index contributed by atoms with van der Waals surface area (Å²) in [6.45, 7) is 11.1. The highest BCUT2D eigenvalue weighted by atomic mass is 35.5. The van der Waals surface area contributed by atoms with Crippen molar-refractivity contribution in [3.8, 4) is 11.3 Å². The van der Waals surface area contributed by atoms with Crippen molar-refractivity contribution in [2.45, 2.75) is 19.4 Å². The summed E-state index contributed by atoms with van der Waals surface area (Å²) in [4.78, 5) is 8.08. The van der Waals surface area contributed by atoms with Crippen molar-refractivity contribution < 1.29 is 0 Å². The molecule has 0 aliphatic rings. The van der Waals surface area contributed by atoms with Crippen molar-refractivity contribution in [3.63, 3.8) is 0 Å². The summed E-state index contributed by atoms with van der Waals surface area (Å²) in [5.74, 6) is 0. The smallest absolute Gasteiger partial charge is 0.254 e. The molecule has 0 bridgehead atoms. The molecule has 0 saturated heterocycles. The van der Waals surface area contributed by atoms with Gasteiger partial charge < -0.3 is 4.85 Å². The van der Waals surface area contributed by atoms with E-state index >= 15 is 0 Å². The normalized spacial score (nSPS) is 11.0. The van der Waals surface area contributed by atoms with Crippen molar-refractivity contribution >= 4 is 11.6 Å². The lowest BCUT2D eigenvalue weighted by Crippen LogP contribution is -2.13. The van der Waals surface area contributed by atoms with E-state index in [1.165, 1.54) is 0 Å². The van der Waals surface area contributed by atoms with Crippen molar-refractivity contribution in [2.75, 3.05) is 0 Å². The van der Waals surface area contributed by atoms with Gasteiger partial charge in [0.15, 0.2) is 0 Å². The molecule has 0 radical (unpaired) electrons. The highest BCUT2D eigenvalue weighted by Gasteiger charge is 2.29. The number of nitrogens with zero attached hydrogens (tertiary/aromatic N) is 2. The Bertz CT molecular complexity index is 595. The first-order valence-corrected chi connectivity index (χ1v) is 6.02. The number of rotatable bonds is 2. The van der Waals surface area contributed by atoms with Gasteiger partial charge in [0.1, 0.15) is 0 Å². The fraction of sp³-hybridized carbons (Fsp3) is 0.200. The standard InChI is InChI=1S/C15H13ClN2/c1-15(2,17-3)13-5-4-10-18-14(13)11-6-8-12(16)9-7-11/h4-10H,1-2H3. The molecule has 0 aliphatic heterocycles. The largest absolute Gasteiger partial charge is 0.306 e. The van der Waals surface area contributed by atoms with Gasteiger partial charge in [-0.05, 0) is 24.3 Å². The van der Waals surface area contributed by atoms with Gasteiger partial charge in [-0.25, -0.2) is 6.57 Å². The molecule has 0 amide bonds. The minimum absolute atomic E-state index is 0.580. The van der Waals surface area contributed by atoms with Gasteiger partial charge in [-0.1, -0.05) is 23.7 Å². The third-order valence-corrected chi connectivity index (χ3v) is 3.12. The summed E-state index contributed by atoms with van der Waals surface area (Å²) >= 11 is 5.89. The van der Waals surface area contributed by atoms with Crippen LogP contribution in [-0.4, -0.2) is 4.98 Å². The quantitative estimate of drug-likeness (QED) is 0.720. The predicted molar refractivity (Wildman–Crippen MR) is 74.3 cm³/mol. The van der Waals surface area contributed by atoms with E-state index in [2.05, 4.69) is 9.83 Å². The monoisotopic (exact) mass is 256 g/mol. The third-order valence-electron chi connectivity index (χ3n) is 2.86. The SMILES string of the molecule is [C-]#[N+]C(C)(C)c1cccnc1-c1ccc(Cl)cc1. The summed E-state index contributed by atoms with van der Waals surface area (Å²) in [5, 5.41) is 0.695. The highest BCUT2D eigenvalue weighted by Crippen LogP contribution is 2.32. The second kappa shape index (κ2) is 4.80. The molecule has 1 aromatic heterocycles. The van der Waals surface area contributed by atoms with E-state index in [-0.39, 0.29) is 0 Å². The zero-order valence-electron chi connectivity index (χ0n) is 10.3. The lowest BCUT2D eigenvalue weighted by Gasteiger charge is -2.15. The van der Waals surface area contributed by atoms with E-state index in [1.54, 1.807) is 6.20 Å². The van der Waals surface area contributed by atoms with E-state index in [0.29, 0.717) is 5.02 Å². The Kier molecular flexibility index (Phi) is 3.36. The van der Waals surface area contributed by atoms with Crippen molar-refractivity contribution in [1.29, 1.82) is 0 Å². The fourth-order valence-electron chi connectivity index (χ4n) is 1.80. The molecule has 2 aromatic rings. The molecule has 1 aromatic carbocycles. The van der Waals surface area contributed by atoms with E-state index in [9.17, 15) is 0 Å². The number of halogens is 1. The Hall–Kier alpha value is -1.85. The lowest BCUT2D eigenvalue weighted by molar-refractivity contribution is 0.662. The molecule has 0 atom stereocenters. The van der Waals surface area contributed by atoms with Crippen LogP contribution in [0.25, 0.3) is 16.1 Å². The first kappa shape index (κ1) is 12.6. The Morgan fingerprint density at radius 2 is 1.83 bits per heavy atom. The Labute approximate surface area is 112 Å². The van der Waals surface area contributed by atoms with Crippen LogP contribution >= 0.6 is 11.6 Å². The number of aromatic nitrogens is 1. The van der Waals surface area contributed by atoms with Gasteiger partial charge in [0.05, 0.1) is 11.3 Å². The first-order valence-electron chi connectivity index (χ1n) is 5.64. The Balaban J connectivity index is 2.59. The maximum Gasteiger partial charge on any atom is 0.254 e. The maximum atomic E-state index is 7.31. The summed E-state index contributed by atoms with van der Waals surface area (Å²) in [7, 11) is 0. The van der Waals surface area contributed by atoms with Gasteiger partial charge in [-0.15, -0.1) is 0 Å². The summed E-state index contributed by atoms with van der Waals surface area (Å²) in [6, 6.07) is 11.3. The molecule has 1 heterocycles. The molecule has 18 heavy (non-hydrogen) atoms. The zero-order chi connectivity index (χ0) is 13.2. The summed E-state index contributed by atoms with van der Waals surface area (Å²) in [5.41, 5.74) is 2.17. The molecule has 90 valence electrons.